The standard InChI is InChI=1S/C30H44N2O3S/c1-21(15-16-24-23(3)12-9-18-30(24,4)5)10-8-11-22(2)17-19-35-27(33)14-7-6-13-26-28-25(20-36-26)31-29(34)32-28/h8,10-11,15-17,25-26,28H,6-7,9,12-14,18-20H2,1-5H3,(H2,31,32,34)/b11-8+,16-15+,21-10+,22-17+/t25-,26-,28-/m0/s1. The molecule has 3 aliphatic rings. The van der Waals surface area contributed by atoms with Crippen LogP contribution in [0.1, 0.15) is 79.6 Å². The number of allylic oxidation sites excluding steroid dienone is 9. The molecule has 3 rings (SSSR count). The number of hydrogen-bond acceptors (Lipinski definition) is 4. The predicted molar refractivity (Wildman–Crippen MR) is 151 cm³/mol. The molecule has 2 N–H and O–H groups in total. The van der Waals surface area contributed by atoms with E-state index in [9.17, 15) is 9.59 Å². The number of unbranched alkanes of at least 4 members (excludes halogenated alkanes) is 1. The Kier molecular flexibility index (Phi) is 10.5. The fourth-order valence-electron chi connectivity index (χ4n) is 5.30. The molecule has 2 fully saturated rings. The molecule has 198 valence electrons. The van der Waals surface area contributed by atoms with Crippen LogP contribution in [0, 0.1) is 5.41 Å². The van der Waals surface area contributed by atoms with Gasteiger partial charge in [-0.3, -0.25) is 4.79 Å². The van der Waals surface area contributed by atoms with Gasteiger partial charge in [-0.1, -0.05) is 67.4 Å². The normalized spacial score (nSPS) is 26.5. The third kappa shape index (κ3) is 8.43. The highest BCUT2D eigenvalue weighted by Crippen LogP contribution is 2.40. The van der Waals surface area contributed by atoms with E-state index in [1.807, 2.05) is 30.8 Å². The van der Waals surface area contributed by atoms with Gasteiger partial charge < -0.3 is 15.4 Å². The van der Waals surface area contributed by atoms with Crippen LogP contribution in [-0.4, -0.2) is 41.7 Å². The molecule has 2 heterocycles. The molecule has 6 heteroatoms. The first kappa shape index (κ1) is 28.4. The zero-order valence-corrected chi connectivity index (χ0v) is 23.5. The fraction of sp³-hybridized carbons (Fsp3) is 0.600. The van der Waals surface area contributed by atoms with Crippen LogP contribution in [0.2, 0.25) is 0 Å². The number of urea groups is 1. The Morgan fingerprint density at radius 2 is 1.97 bits per heavy atom. The smallest absolute Gasteiger partial charge is 0.315 e. The Labute approximate surface area is 222 Å². The second-order valence-electron chi connectivity index (χ2n) is 11.0. The number of rotatable bonds is 11. The molecular formula is C30H44N2O3S. The Bertz CT molecular complexity index is 957. The van der Waals surface area contributed by atoms with Gasteiger partial charge in [-0.25, -0.2) is 4.79 Å². The highest BCUT2D eigenvalue weighted by Gasteiger charge is 2.42. The van der Waals surface area contributed by atoms with Gasteiger partial charge in [-0.15, -0.1) is 0 Å². The van der Waals surface area contributed by atoms with Gasteiger partial charge in [0.05, 0.1) is 12.1 Å². The largest absolute Gasteiger partial charge is 0.461 e. The minimum absolute atomic E-state index is 0.0493. The third-order valence-electron chi connectivity index (χ3n) is 7.48. The molecule has 0 aromatic rings. The molecule has 0 unspecified atom stereocenters. The van der Waals surface area contributed by atoms with Crippen LogP contribution in [-0.2, 0) is 9.53 Å². The summed E-state index contributed by atoms with van der Waals surface area (Å²) in [6, 6.07) is 0.441. The number of carbonyl (C=O) groups excluding carboxylic acids is 2. The summed E-state index contributed by atoms with van der Waals surface area (Å²) in [6.07, 6.45) is 19.7. The molecule has 0 aromatic heterocycles. The van der Waals surface area contributed by atoms with E-state index in [0.29, 0.717) is 18.3 Å². The van der Waals surface area contributed by atoms with E-state index in [4.69, 9.17) is 4.74 Å². The Morgan fingerprint density at radius 3 is 2.75 bits per heavy atom. The Balaban J connectivity index is 1.32. The highest BCUT2D eigenvalue weighted by atomic mass is 32.2. The van der Waals surface area contributed by atoms with Crippen LogP contribution < -0.4 is 10.6 Å². The van der Waals surface area contributed by atoms with E-state index >= 15 is 0 Å². The maximum Gasteiger partial charge on any atom is 0.315 e. The summed E-state index contributed by atoms with van der Waals surface area (Å²) < 4.78 is 5.38. The number of thioether (sulfide) groups is 1. The molecule has 36 heavy (non-hydrogen) atoms. The molecule has 2 aliphatic heterocycles. The monoisotopic (exact) mass is 512 g/mol. The molecule has 0 bridgehead atoms. The Morgan fingerprint density at radius 1 is 1.17 bits per heavy atom. The third-order valence-corrected chi connectivity index (χ3v) is 8.99. The lowest BCUT2D eigenvalue weighted by Crippen LogP contribution is -2.36. The van der Waals surface area contributed by atoms with Crippen molar-refractivity contribution in [3.05, 3.63) is 58.7 Å². The topological polar surface area (TPSA) is 67.4 Å². The molecule has 5 nitrogen and oxygen atoms in total. The van der Waals surface area contributed by atoms with Crippen LogP contribution in [0.4, 0.5) is 4.79 Å². The van der Waals surface area contributed by atoms with Gasteiger partial charge in [0.15, 0.2) is 0 Å². The maximum atomic E-state index is 12.1. The van der Waals surface area contributed by atoms with E-state index in [0.717, 1.165) is 30.6 Å². The lowest BCUT2D eigenvalue weighted by Gasteiger charge is -2.32. The first-order valence-corrected chi connectivity index (χ1v) is 14.4. The first-order chi connectivity index (χ1) is 17.2. The van der Waals surface area contributed by atoms with Crippen molar-refractivity contribution in [2.45, 2.75) is 96.9 Å². The van der Waals surface area contributed by atoms with Crippen molar-refractivity contribution in [3.63, 3.8) is 0 Å². The summed E-state index contributed by atoms with van der Waals surface area (Å²) in [6.45, 7) is 11.4. The first-order valence-electron chi connectivity index (χ1n) is 13.4. The molecular weight excluding hydrogens is 468 g/mol. The molecule has 0 spiro atoms. The second-order valence-corrected chi connectivity index (χ2v) is 12.3. The molecule has 1 aliphatic carbocycles. The van der Waals surface area contributed by atoms with Crippen LogP contribution >= 0.6 is 11.8 Å². The van der Waals surface area contributed by atoms with Crippen molar-refractivity contribution in [3.8, 4) is 0 Å². The lowest BCUT2D eigenvalue weighted by atomic mass is 9.72. The van der Waals surface area contributed by atoms with Crippen molar-refractivity contribution < 1.29 is 14.3 Å². The SMILES string of the molecule is CC1=C(/C=C/C(C)=C/C=C/C(C)=C/COC(=O)CCCC[C@@H]2SC[C@@H]3NC(=O)N[C@@H]32)C(C)(C)CCC1. The van der Waals surface area contributed by atoms with Crippen molar-refractivity contribution in [1.29, 1.82) is 0 Å². The van der Waals surface area contributed by atoms with Crippen molar-refractivity contribution in [2.24, 2.45) is 5.41 Å². The van der Waals surface area contributed by atoms with Crippen LogP contribution in [0.5, 0.6) is 0 Å². The highest BCUT2D eigenvalue weighted by molar-refractivity contribution is 8.00. The van der Waals surface area contributed by atoms with Crippen LogP contribution in [0.3, 0.4) is 0 Å². The quantitative estimate of drug-likeness (QED) is 0.138. The summed E-state index contributed by atoms with van der Waals surface area (Å²) in [5, 5.41) is 6.42. The molecule has 0 aromatic carbocycles. The van der Waals surface area contributed by atoms with Crippen LogP contribution in [0.25, 0.3) is 0 Å². The van der Waals surface area contributed by atoms with Gasteiger partial charge in [-0.05, 0) is 69.9 Å². The van der Waals surface area contributed by atoms with Gasteiger partial charge in [0, 0.05) is 17.4 Å². The number of esters is 1. The molecule has 0 radical (unpaired) electrons. The second kappa shape index (κ2) is 13.4. The molecule has 0 saturated carbocycles. The Hall–Kier alpha value is -2.21. The van der Waals surface area contributed by atoms with Crippen molar-refractivity contribution in [2.75, 3.05) is 12.4 Å². The lowest BCUT2D eigenvalue weighted by molar-refractivity contribution is -0.142. The van der Waals surface area contributed by atoms with Gasteiger partial charge in [0.25, 0.3) is 0 Å². The van der Waals surface area contributed by atoms with Gasteiger partial charge in [0.2, 0.25) is 0 Å². The maximum absolute atomic E-state index is 12.1. The zero-order chi connectivity index (χ0) is 26.1. The van der Waals surface area contributed by atoms with E-state index in [1.165, 1.54) is 36.0 Å². The average Bonchev–Trinajstić information content (AvgIpc) is 3.35. The van der Waals surface area contributed by atoms with E-state index in [1.54, 1.807) is 0 Å². The predicted octanol–water partition coefficient (Wildman–Crippen LogP) is 6.79. The van der Waals surface area contributed by atoms with Gasteiger partial charge in [-0.2, -0.15) is 11.8 Å². The summed E-state index contributed by atoms with van der Waals surface area (Å²) in [7, 11) is 0. The number of hydrogen-bond donors (Lipinski definition) is 2. The van der Waals surface area contributed by atoms with Gasteiger partial charge >= 0.3 is 12.0 Å². The van der Waals surface area contributed by atoms with E-state index < -0.39 is 0 Å². The average molecular weight is 513 g/mol. The molecule has 3 atom stereocenters. The van der Waals surface area contributed by atoms with Crippen molar-refractivity contribution >= 4 is 23.8 Å². The summed E-state index contributed by atoms with van der Waals surface area (Å²) in [5.74, 6) is 0.824. The van der Waals surface area contributed by atoms with E-state index in [2.05, 4.69) is 62.6 Å². The summed E-state index contributed by atoms with van der Waals surface area (Å²) >= 11 is 1.91. The number of carbonyl (C=O) groups is 2. The van der Waals surface area contributed by atoms with E-state index in [-0.39, 0.29) is 29.5 Å². The molecule has 2 saturated heterocycles. The minimum atomic E-state index is -0.146. The molecule has 2 amide bonds. The number of fused-ring (bicyclic) bond motifs is 1. The van der Waals surface area contributed by atoms with Crippen LogP contribution in [0.15, 0.2) is 58.7 Å². The minimum Gasteiger partial charge on any atom is -0.461 e. The van der Waals surface area contributed by atoms with Gasteiger partial charge in [0.1, 0.15) is 6.61 Å². The number of nitrogens with one attached hydrogen (secondary N) is 2. The fourth-order valence-corrected chi connectivity index (χ4v) is 6.84. The van der Waals surface area contributed by atoms with Crippen molar-refractivity contribution in [1.82, 2.24) is 10.6 Å². The zero-order valence-electron chi connectivity index (χ0n) is 22.7. The number of ether oxygens (including phenoxy) is 1. The summed E-state index contributed by atoms with van der Waals surface area (Å²) in [4.78, 5) is 23.5. The number of amides is 2. The summed E-state index contributed by atoms with van der Waals surface area (Å²) in [5.41, 5.74) is 5.54.